The highest BCUT2D eigenvalue weighted by molar-refractivity contribution is 4.89. The van der Waals surface area contributed by atoms with E-state index in [2.05, 4.69) is 15.0 Å². The first kappa shape index (κ1) is 11.5. The first-order valence-corrected chi connectivity index (χ1v) is 5.85. The molecule has 90 valence electrons. The lowest BCUT2D eigenvalue weighted by atomic mass is 9.95. The van der Waals surface area contributed by atoms with Crippen LogP contribution < -0.4 is 0 Å². The summed E-state index contributed by atoms with van der Waals surface area (Å²) in [6, 6.07) is 0. The van der Waals surface area contributed by atoms with Crippen LogP contribution in [0.3, 0.4) is 0 Å². The number of aromatic nitrogens is 2. The predicted octanol–water partition coefficient (Wildman–Crippen LogP) is 0.979. The van der Waals surface area contributed by atoms with Gasteiger partial charge in [0.1, 0.15) is 0 Å². The maximum Gasteiger partial charge on any atom is 0.240 e. The summed E-state index contributed by atoms with van der Waals surface area (Å²) in [5, 5.41) is 13.8. The molecule has 0 aromatic carbocycles. The summed E-state index contributed by atoms with van der Waals surface area (Å²) in [6.07, 6.45) is 2.68. The van der Waals surface area contributed by atoms with E-state index in [9.17, 15) is 5.11 Å². The number of piperidine rings is 1. The molecule has 1 fully saturated rings. The zero-order valence-corrected chi connectivity index (χ0v) is 9.94. The zero-order valence-electron chi connectivity index (χ0n) is 9.94. The van der Waals surface area contributed by atoms with Gasteiger partial charge in [-0.1, -0.05) is 12.1 Å². The highest BCUT2D eigenvalue weighted by Crippen LogP contribution is 2.21. The predicted molar refractivity (Wildman–Crippen MR) is 58.8 cm³/mol. The number of nitrogens with zero attached hydrogens (tertiary/aromatic N) is 3. The molecule has 1 aliphatic heterocycles. The van der Waals surface area contributed by atoms with E-state index in [1.807, 2.05) is 13.8 Å². The van der Waals surface area contributed by atoms with Crippen molar-refractivity contribution in [1.82, 2.24) is 15.0 Å². The molecule has 1 N–H and O–H groups in total. The summed E-state index contributed by atoms with van der Waals surface area (Å²) in [4.78, 5) is 6.43. The maximum absolute atomic E-state index is 9.97. The lowest BCUT2D eigenvalue weighted by Gasteiger charge is -2.35. The van der Waals surface area contributed by atoms with E-state index in [0.29, 0.717) is 19.0 Å². The molecule has 2 heterocycles. The minimum atomic E-state index is -0.578. The van der Waals surface area contributed by atoms with E-state index in [4.69, 9.17) is 4.52 Å². The first-order valence-electron chi connectivity index (χ1n) is 5.85. The molecule has 0 bridgehead atoms. The van der Waals surface area contributed by atoms with Gasteiger partial charge in [-0.05, 0) is 26.3 Å². The second-order valence-corrected chi connectivity index (χ2v) is 4.77. The van der Waals surface area contributed by atoms with Crippen molar-refractivity contribution in [3.63, 3.8) is 0 Å². The van der Waals surface area contributed by atoms with Crippen molar-refractivity contribution in [2.24, 2.45) is 0 Å². The summed E-state index contributed by atoms with van der Waals surface area (Å²) in [6.45, 7) is 6.19. The van der Waals surface area contributed by atoms with E-state index in [1.165, 1.54) is 0 Å². The Bertz CT molecular complexity index is 349. The molecule has 0 saturated carbocycles. The van der Waals surface area contributed by atoms with Gasteiger partial charge in [0.25, 0.3) is 0 Å². The number of hydrogen-bond acceptors (Lipinski definition) is 5. The second kappa shape index (κ2) is 4.51. The standard InChI is InChI=1S/C11H19N3O2/c1-3-9-12-10(16-13-9)7-14-6-4-5-11(2,15)8-14/h15H,3-8H2,1-2H3. The summed E-state index contributed by atoms with van der Waals surface area (Å²) in [5.41, 5.74) is -0.578. The summed E-state index contributed by atoms with van der Waals surface area (Å²) >= 11 is 0. The fraction of sp³-hybridized carbons (Fsp3) is 0.818. The van der Waals surface area contributed by atoms with Crippen LogP contribution in [-0.2, 0) is 13.0 Å². The maximum atomic E-state index is 9.97. The monoisotopic (exact) mass is 225 g/mol. The molecule has 1 aromatic rings. The SMILES string of the molecule is CCc1noc(CN2CCCC(C)(O)C2)n1. The molecule has 0 aliphatic carbocycles. The third-order valence-corrected chi connectivity index (χ3v) is 2.94. The number of hydrogen-bond donors (Lipinski definition) is 1. The topological polar surface area (TPSA) is 62.4 Å². The second-order valence-electron chi connectivity index (χ2n) is 4.77. The van der Waals surface area contributed by atoms with Gasteiger partial charge in [-0.15, -0.1) is 0 Å². The average Bonchev–Trinajstić information content (AvgIpc) is 2.64. The van der Waals surface area contributed by atoms with Crippen molar-refractivity contribution in [3.05, 3.63) is 11.7 Å². The van der Waals surface area contributed by atoms with Gasteiger partial charge < -0.3 is 9.63 Å². The molecule has 1 atom stereocenters. The quantitative estimate of drug-likeness (QED) is 0.830. The zero-order chi connectivity index (χ0) is 11.6. The highest BCUT2D eigenvalue weighted by atomic mass is 16.5. The lowest BCUT2D eigenvalue weighted by molar-refractivity contribution is -0.0207. The smallest absolute Gasteiger partial charge is 0.240 e. The van der Waals surface area contributed by atoms with E-state index in [-0.39, 0.29) is 0 Å². The molecule has 0 radical (unpaired) electrons. The normalized spacial score (nSPS) is 27.2. The van der Waals surface area contributed by atoms with Crippen LogP contribution in [0.1, 0.15) is 38.4 Å². The Morgan fingerprint density at radius 1 is 1.56 bits per heavy atom. The molecule has 1 aliphatic rings. The van der Waals surface area contributed by atoms with Crippen LogP contribution >= 0.6 is 0 Å². The Morgan fingerprint density at radius 3 is 3.00 bits per heavy atom. The fourth-order valence-electron chi connectivity index (χ4n) is 2.15. The first-order chi connectivity index (χ1) is 7.59. The molecule has 0 spiro atoms. The molecule has 1 saturated heterocycles. The van der Waals surface area contributed by atoms with Crippen molar-refractivity contribution in [2.75, 3.05) is 13.1 Å². The Morgan fingerprint density at radius 2 is 2.38 bits per heavy atom. The molecular formula is C11H19N3O2. The van der Waals surface area contributed by atoms with Crippen LogP contribution in [0.2, 0.25) is 0 Å². The molecule has 5 nitrogen and oxygen atoms in total. The van der Waals surface area contributed by atoms with Gasteiger partial charge in [0.15, 0.2) is 5.82 Å². The van der Waals surface area contributed by atoms with E-state index >= 15 is 0 Å². The van der Waals surface area contributed by atoms with Crippen LogP contribution in [0, 0.1) is 0 Å². The van der Waals surface area contributed by atoms with Crippen molar-refractivity contribution in [1.29, 1.82) is 0 Å². The highest BCUT2D eigenvalue weighted by Gasteiger charge is 2.29. The Labute approximate surface area is 95.4 Å². The number of aliphatic hydroxyl groups is 1. The van der Waals surface area contributed by atoms with Gasteiger partial charge in [0.2, 0.25) is 5.89 Å². The molecule has 5 heteroatoms. The summed E-state index contributed by atoms with van der Waals surface area (Å²) < 4.78 is 5.14. The Hall–Kier alpha value is -0.940. The van der Waals surface area contributed by atoms with Crippen LogP contribution in [-0.4, -0.2) is 38.8 Å². The molecule has 1 aromatic heterocycles. The largest absolute Gasteiger partial charge is 0.389 e. The van der Waals surface area contributed by atoms with Gasteiger partial charge in [0.05, 0.1) is 12.1 Å². The van der Waals surface area contributed by atoms with Crippen molar-refractivity contribution < 1.29 is 9.63 Å². The third-order valence-electron chi connectivity index (χ3n) is 2.94. The van der Waals surface area contributed by atoms with E-state index in [1.54, 1.807) is 0 Å². The van der Waals surface area contributed by atoms with Gasteiger partial charge in [-0.25, -0.2) is 0 Å². The van der Waals surface area contributed by atoms with Crippen molar-refractivity contribution >= 4 is 0 Å². The minimum absolute atomic E-state index is 0.578. The Balaban J connectivity index is 1.94. The number of β-amino-alcohol motifs (C(OH)–C–C–N with tert-alkyl or cyclic N) is 1. The number of aryl methyl sites for hydroxylation is 1. The van der Waals surface area contributed by atoms with Crippen LogP contribution in [0.15, 0.2) is 4.52 Å². The van der Waals surface area contributed by atoms with Gasteiger partial charge in [-0.3, -0.25) is 4.90 Å². The average molecular weight is 225 g/mol. The van der Waals surface area contributed by atoms with Crippen LogP contribution in [0.4, 0.5) is 0 Å². The van der Waals surface area contributed by atoms with E-state index in [0.717, 1.165) is 31.6 Å². The number of rotatable bonds is 3. The molecule has 16 heavy (non-hydrogen) atoms. The summed E-state index contributed by atoms with van der Waals surface area (Å²) in [5.74, 6) is 1.40. The third kappa shape index (κ3) is 2.80. The van der Waals surface area contributed by atoms with Crippen LogP contribution in [0.5, 0.6) is 0 Å². The minimum Gasteiger partial charge on any atom is -0.389 e. The molecule has 2 rings (SSSR count). The van der Waals surface area contributed by atoms with Crippen molar-refractivity contribution in [2.45, 2.75) is 45.3 Å². The van der Waals surface area contributed by atoms with Gasteiger partial charge >= 0.3 is 0 Å². The summed E-state index contributed by atoms with van der Waals surface area (Å²) in [7, 11) is 0. The lowest BCUT2D eigenvalue weighted by Crippen LogP contribution is -2.45. The molecule has 0 amide bonds. The molecular weight excluding hydrogens is 206 g/mol. The fourth-order valence-corrected chi connectivity index (χ4v) is 2.15. The van der Waals surface area contributed by atoms with E-state index < -0.39 is 5.60 Å². The van der Waals surface area contributed by atoms with Crippen molar-refractivity contribution in [3.8, 4) is 0 Å². The Kier molecular flexibility index (Phi) is 3.25. The van der Waals surface area contributed by atoms with Gasteiger partial charge in [0, 0.05) is 13.0 Å². The number of likely N-dealkylation sites (tertiary alicyclic amines) is 1. The van der Waals surface area contributed by atoms with Crippen LogP contribution in [0.25, 0.3) is 0 Å². The van der Waals surface area contributed by atoms with Gasteiger partial charge in [-0.2, -0.15) is 4.98 Å². The molecule has 1 unspecified atom stereocenters.